The molecular formula is C23H37N7. The number of hydrogen-bond acceptors (Lipinski definition) is 4. The number of benzene rings is 1. The fourth-order valence-corrected chi connectivity index (χ4v) is 4.01. The van der Waals surface area contributed by atoms with Crippen molar-refractivity contribution in [3.8, 4) is 0 Å². The average molecular weight is 412 g/mol. The maximum absolute atomic E-state index is 4.82. The summed E-state index contributed by atoms with van der Waals surface area (Å²) >= 11 is 0. The second kappa shape index (κ2) is 10.6. The van der Waals surface area contributed by atoms with Crippen molar-refractivity contribution in [2.75, 3.05) is 26.2 Å². The highest BCUT2D eigenvalue weighted by molar-refractivity contribution is 5.79. The van der Waals surface area contributed by atoms with Crippen molar-refractivity contribution < 1.29 is 0 Å². The Labute approximate surface area is 181 Å². The van der Waals surface area contributed by atoms with E-state index >= 15 is 0 Å². The van der Waals surface area contributed by atoms with Crippen LogP contribution in [0.5, 0.6) is 0 Å². The van der Waals surface area contributed by atoms with E-state index in [1.165, 1.54) is 30.5 Å². The van der Waals surface area contributed by atoms with Crippen LogP contribution in [-0.2, 0) is 13.6 Å². The Balaban J connectivity index is 1.64. The van der Waals surface area contributed by atoms with Crippen LogP contribution in [0.4, 0.5) is 0 Å². The quantitative estimate of drug-likeness (QED) is 0.516. The van der Waals surface area contributed by atoms with E-state index in [0.29, 0.717) is 18.5 Å². The normalized spacial score (nSPS) is 18.6. The minimum atomic E-state index is 0.396. The molecule has 7 heteroatoms. The molecule has 0 saturated carbocycles. The number of nitrogens with zero attached hydrogens (tertiary/aromatic N) is 5. The van der Waals surface area contributed by atoms with Gasteiger partial charge in [-0.05, 0) is 51.3 Å². The summed E-state index contributed by atoms with van der Waals surface area (Å²) in [5, 5.41) is 15.5. The molecule has 2 atom stereocenters. The van der Waals surface area contributed by atoms with E-state index < -0.39 is 0 Å². The second-order valence-corrected chi connectivity index (χ2v) is 8.39. The van der Waals surface area contributed by atoms with E-state index in [-0.39, 0.29) is 0 Å². The number of likely N-dealkylation sites (tertiary alicyclic amines) is 1. The molecule has 2 N–H and O–H groups in total. The lowest BCUT2D eigenvalue weighted by Gasteiger charge is -2.24. The first-order valence-electron chi connectivity index (χ1n) is 11.2. The smallest absolute Gasteiger partial charge is 0.191 e. The van der Waals surface area contributed by atoms with Gasteiger partial charge in [-0.3, -0.25) is 4.90 Å². The van der Waals surface area contributed by atoms with Crippen LogP contribution in [0.3, 0.4) is 0 Å². The van der Waals surface area contributed by atoms with E-state index in [9.17, 15) is 0 Å². The molecule has 2 unspecified atom stereocenters. The van der Waals surface area contributed by atoms with Gasteiger partial charge in [0.1, 0.15) is 12.4 Å². The van der Waals surface area contributed by atoms with Crippen molar-refractivity contribution in [1.82, 2.24) is 30.3 Å². The van der Waals surface area contributed by atoms with Crippen LogP contribution < -0.4 is 10.6 Å². The molecule has 30 heavy (non-hydrogen) atoms. The lowest BCUT2D eigenvalue weighted by Crippen LogP contribution is -2.45. The van der Waals surface area contributed by atoms with Gasteiger partial charge in [-0.1, -0.05) is 43.7 Å². The first-order chi connectivity index (χ1) is 14.5. The van der Waals surface area contributed by atoms with E-state index in [0.717, 1.165) is 37.2 Å². The summed E-state index contributed by atoms with van der Waals surface area (Å²) in [6.45, 7) is 13.1. The molecule has 1 aromatic carbocycles. The third-order valence-electron chi connectivity index (χ3n) is 6.16. The van der Waals surface area contributed by atoms with Crippen molar-refractivity contribution in [2.24, 2.45) is 12.0 Å². The Morgan fingerprint density at radius 2 is 2.10 bits per heavy atom. The molecule has 0 bridgehead atoms. The fourth-order valence-electron chi connectivity index (χ4n) is 4.01. The van der Waals surface area contributed by atoms with Gasteiger partial charge in [-0.2, -0.15) is 0 Å². The van der Waals surface area contributed by atoms with Crippen LogP contribution in [0.1, 0.15) is 55.4 Å². The molecule has 1 saturated heterocycles. The Hall–Kier alpha value is -2.41. The molecule has 1 aliphatic rings. The summed E-state index contributed by atoms with van der Waals surface area (Å²) in [7, 11) is 1.98. The van der Waals surface area contributed by atoms with Gasteiger partial charge >= 0.3 is 0 Å². The predicted molar refractivity (Wildman–Crippen MR) is 123 cm³/mol. The van der Waals surface area contributed by atoms with Crippen molar-refractivity contribution in [3.63, 3.8) is 0 Å². The highest BCUT2D eigenvalue weighted by atomic mass is 15.3. The summed E-state index contributed by atoms with van der Waals surface area (Å²) in [4.78, 5) is 7.36. The molecule has 1 aromatic heterocycles. The molecule has 3 rings (SSSR count). The van der Waals surface area contributed by atoms with Gasteiger partial charge in [0.2, 0.25) is 0 Å². The number of aliphatic imine (C=N–C) groups is 1. The van der Waals surface area contributed by atoms with Crippen molar-refractivity contribution >= 4 is 5.96 Å². The van der Waals surface area contributed by atoms with E-state index in [1.807, 2.05) is 18.5 Å². The summed E-state index contributed by atoms with van der Waals surface area (Å²) in [5.74, 6) is 3.02. The molecule has 0 spiro atoms. The highest BCUT2D eigenvalue weighted by Gasteiger charge is 2.23. The van der Waals surface area contributed by atoms with Gasteiger partial charge in [0.05, 0.1) is 0 Å². The molecule has 0 amide bonds. The minimum absolute atomic E-state index is 0.396. The van der Waals surface area contributed by atoms with Crippen LogP contribution in [0.15, 0.2) is 29.3 Å². The summed E-state index contributed by atoms with van der Waals surface area (Å²) in [6.07, 6.45) is 2.53. The number of hydrogen-bond donors (Lipinski definition) is 2. The maximum Gasteiger partial charge on any atom is 0.191 e. The molecule has 2 aromatic rings. The monoisotopic (exact) mass is 411 g/mol. The number of guanidine groups is 1. The molecule has 0 aliphatic carbocycles. The average Bonchev–Trinajstić information content (AvgIpc) is 3.33. The van der Waals surface area contributed by atoms with Gasteiger partial charge in [-0.25, -0.2) is 4.99 Å². The molecule has 1 aliphatic heterocycles. The number of likely N-dealkylation sites (N-methyl/N-ethyl adjacent to an activating group) is 1. The van der Waals surface area contributed by atoms with Crippen LogP contribution in [0.25, 0.3) is 0 Å². The zero-order valence-corrected chi connectivity index (χ0v) is 19.1. The zero-order chi connectivity index (χ0) is 21.5. The third-order valence-corrected chi connectivity index (χ3v) is 6.16. The highest BCUT2D eigenvalue weighted by Crippen LogP contribution is 2.16. The van der Waals surface area contributed by atoms with Crippen molar-refractivity contribution in [3.05, 3.63) is 47.0 Å². The first-order valence-corrected chi connectivity index (χ1v) is 11.2. The number of aromatic nitrogens is 3. The predicted octanol–water partition coefficient (Wildman–Crippen LogP) is 2.76. The third kappa shape index (κ3) is 5.81. The van der Waals surface area contributed by atoms with Gasteiger partial charge in [0.25, 0.3) is 0 Å². The first kappa shape index (κ1) is 22.3. The van der Waals surface area contributed by atoms with Crippen LogP contribution in [0, 0.1) is 13.8 Å². The summed E-state index contributed by atoms with van der Waals surface area (Å²) in [6, 6.07) is 9.31. The van der Waals surface area contributed by atoms with Crippen LogP contribution in [-0.4, -0.2) is 57.8 Å². The molecule has 0 radical (unpaired) electrons. The number of aryl methyl sites for hydroxylation is 2. The molecule has 1 fully saturated rings. The van der Waals surface area contributed by atoms with E-state index in [4.69, 9.17) is 4.99 Å². The molecule has 7 nitrogen and oxygen atoms in total. The van der Waals surface area contributed by atoms with Gasteiger partial charge < -0.3 is 15.2 Å². The Bertz CT molecular complexity index is 842. The maximum atomic E-state index is 4.82. The van der Waals surface area contributed by atoms with E-state index in [1.54, 1.807) is 0 Å². The Kier molecular flexibility index (Phi) is 7.85. The minimum Gasteiger partial charge on any atom is -0.356 e. The second-order valence-electron chi connectivity index (χ2n) is 8.39. The zero-order valence-electron chi connectivity index (χ0n) is 19.1. The lowest BCUT2D eigenvalue weighted by atomic mass is 9.99. The topological polar surface area (TPSA) is 70.4 Å². The summed E-state index contributed by atoms with van der Waals surface area (Å²) < 4.78 is 1.99. The Morgan fingerprint density at radius 3 is 2.80 bits per heavy atom. The lowest BCUT2D eigenvalue weighted by molar-refractivity contribution is 0.267. The van der Waals surface area contributed by atoms with Gasteiger partial charge in [0, 0.05) is 26.2 Å². The largest absolute Gasteiger partial charge is 0.356 e. The number of rotatable bonds is 8. The van der Waals surface area contributed by atoms with Crippen molar-refractivity contribution in [1.29, 1.82) is 0 Å². The van der Waals surface area contributed by atoms with Crippen LogP contribution >= 0.6 is 0 Å². The molecule has 2 heterocycles. The standard InChI is InChI=1S/C23H37N7/c1-6-30-12-8-11-21(30)15-25-23(26-16-22-28-27-19(4)29(22)5)24-14-18(3)20-10-7-9-17(2)13-20/h7,9-10,13,18,21H,6,8,11-12,14-16H2,1-5H3,(H2,24,25,26). The fraction of sp³-hybridized carbons (Fsp3) is 0.609. The number of nitrogens with one attached hydrogen (secondary N) is 2. The van der Waals surface area contributed by atoms with E-state index in [2.05, 4.69) is 70.8 Å². The van der Waals surface area contributed by atoms with Crippen molar-refractivity contribution in [2.45, 2.75) is 59.0 Å². The van der Waals surface area contributed by atoms with Gasteiger partial charge in [0.15, 0.2) is 11.8 Å². The SMILES string of the molecule is CCN1CCCC1CNC(=NCc1nnc(C)n1C)NCC(C)c1cccc(C)c1. The van der Waals surface area contributed by atoms with Crippen LogP contribution in [0.2, 0.25) is 0 Å². The van der Waals surface area contributed by atoms with Gasteiger partial charge in [-0.15, -0.1) is 10.2 Å². The molecular weight excluding hydrogens is 374 g/mol. The molecule has 164 valence electrons. The Morgan fingerprint density at radius 1 is 1.27 bits per heavy atom. The summed E-state index contributed by atoms with van der Waals surface area (Å²) in [5.41, 5.74) is 2.64.